The molecule has 1 saturated carbocycles. The summed E-state index contributed by atoms with van der Waals surface area (Å²) in [6, 6.07) is 3.39. The first kappa shape index (κ1) is 12.9. The van der Waals surface area contributed by atoms with Crippen LogP contribution in [0.15, 0.2) is 12.3 Å². The smallest absolute Gasteiger partial charge is 0.0668 e. The molecule has 1 atom stereocenters. The first-order valence-corrected chi connectivity index (χ1v) is 7.27. The Hall–Kier alpha value is -1.13. The van der Waals surface area contributed by atoms with E-state index < -0.39 is 0 Å². The molecular weight excluding hydrogens is 238 g/mol. The largest absolute Gasteiger partial charge is 0.377 e. The number of anilines is 1. The third-order valence-electron chi connectivity index (χ3n) is 3.93. The molecule has 0 aromatic carbocycles. The monoisotopic (exact) mass is 261 g/mol. The van der Waals surface area contributed by atoms with Gasteiger partial charge in [0.2, 0.25) is 0 Å². The lowest BCUT2D eigenvalue weighted by Crippen LogP contribution is -2.44. The van der Waals surface area contributed by atoms with Gasteiger partial charge in [-0.05, 0) is 32.8 Å². The SMILES string of the molecule is Cc1cc(N2CCOCC2C)c(CNC2CC2)cn1. The van der Waals surface area contributed by atoms with Crippen molar-refractivity contribution in [2.24, 2.45) is 0 Å². The highest BCUT2D eigenvalue weighted by atomic mass is 16.5. The molecule has 3 rings (SSSR count). The topological polar surface area (TPSA) is 37.4 Å². The number of nitrogens with one attached hydrogen (secondary N) is 1. The molecule has 4 heteroatoms. The lowest BCUT2D eigenvalue weighted by atomic mass is 10.1. The van der Waals surface area contributed by atoms with Gasteiger partial charge in [-0.25, -0.2) is 0 Å². The summed E-state index contributed by atoms with van der Waals surface area (Å²) in [4.78, 5) is 6.92. The minimum atomic E-state index is 0.440. The molecule has 1 aromatic rings. The van der Waals surface area contributed by atoms with E-state index in [2.05, 4.69) is 35.1 Å². The van der Waals surface area contributed by atoms with Crippen LogP contribution in [0.25, 0.3) is 0 Å². The van der Waals surface area contributed by atoms with Crippen LogP contribution in [0.3, 0.4) is 0 Å². The molecule has 104 valence electrons. The van der Waals surface area contributed by atoms with Crippen molar-refractivity contribution in [2.75, 3.05) is 24.7 Å². The van der Waals surface area contributed by atoms with Crippen molar-refractivity contribution in [2.45, 2.75) is 45.3 Å². The molecule has 1 aromatic heterocycles. The molecule has 1 N–H and O–H groups in total. The van der Waals surface area contributed by atoms with E-state index in [-0.39, 0.29) is 0 Å². The summed E-state index contributed by atoms with van der Waals surface area (Å²) in [6.07, 6.45) is 4.67. The van der Waals surface area contributed by atoms with Crippen molar-refractivity contribution in [1.82, 2.24) is 10.3 Å². The van der Waals surface area contributed by atoms with E-state index in [0.717, 1.165) is 38.0 Å². The van der Waals surface area contributed by atoms with E-state index in [1.54, 1.807) is 0 Å². The maximum atomic E-state index is 5.54. The Labute approximate surface area is 115 Å². The first-order chi connectivity index (χ1) is 9.24. The number of hydrogen-bond donors (Lipinski definition) is 1. The zero-order chi connectivity index (χ0) is 13.2. The number of rotatable bonds is 4. The van der Waals surface area contributed by atoms with Crippen LogP contribution < -0.4 is 10.2 Å². The van der Waals surface area contributed by atoms with Gasteiger partial charge in [-0.1, -0.05) is 0 Å². The highest BCUT2D eigenvalue weighted by Crippen LogP contribution is 2.26. The summed E-state index contributed by atoms with van der Waals surface area (Å²) >= 11 is 0. The van der Waals surface area contributed by atoms with E-state index >= 15 is 0 Å². The zero-order valence-electron chi connectivity index (χ0n) is 11.9. The number of aryl methyl sites for hydroxylation is 1. The van der Waals surface area contributed by atoms with Crippen LogP contribution in [0.1, 0.15) is 31.0 Å². The average Bonchev–Trinajstić information content (AvgIpc) is 3.22. The van der Waals surface area contributed by atoms with E-state index in [0.29, 0.717) is 6.04 Å². The fourth-order valence-corrected chi connectivity index (χ4v) is 2.60. The second kappa shape index (κ2) is 5.47. The van der Waals surface area contributed by atoms with Gasteiger partial charge in [0.1, 0.15) is 0 Å². The molecule has 0 amide bonds. The van der Waals surface area contributed by atoms with E-state index in [4.69, 9.17) is 4.74 Å². The average molecular weight is 261 g/mol. The van der Waals surface area contributed by atoms with Crippen LogP contribution in [-0.2, 0) is 11.3 Å². The van der Waals surface area contributed by atoms with Gasteiger partial charge < -0.3 is 15.0 Å². The van der Waals surface area contributed by atoms with E-state index in [1.165, 1.54) is 24.1 Å². The number of hydrogen-bond acceptors (Lipinski definition) is 4. The normalized spacial score (nSPS) is 23.7. The zero-order valence-corrected chi connectivity index (χ0v) is 11.9. The van der Waals surface area contributed by atoms with Crippen LogP contribution in [0.5, 0.6) is 0 Å². The van der Waals surface area contributed by atoms with E-state index in [9.17, 15) is 0 Å². The highest BCUT2D eigenvalue weighted by molar-refractivity contribution is 5.54. The number of morpholine rings is 1. The molecule has 19 heavy (non-hydrogen) atoms. The summed E-state index contributed by atoms with van der Waals surface area (Å²) in [5.41, 5.74) is 3.73. The Morgan fingerprint density at radius 2 is 2.32 bits per heavy atom. The second-order valence-corrected chi connectivity index (χ2v) is 5.73. The molecule has 0 bridgehead atoms. The summed E-state index contributed by atoms with van der Waals surface area (Å²) in [6.45, 7) is 7.83. The lowest BCUT2D eigenvalue weighted by molar-refractivity contribution is 0.0988. The molecule has 2 aliphatic rings. The van der Waals surface area contributed by atoms with Gasteiger partial charge in [0.05, 0.1) is 13.2 Å². The Morgan fingerprint density at radius 3 is 3.05 bits per heavy atom. The Kier molecular flexibility index (Phi) is 3.71. The standard InChI is InChI=1S/C15H23N3O/c1-11-7-15(18-5-6-19-10-12(18)2)13(8-16-11)9-17-14-3-4-14/h7-8,12,14,17H,3-6,9-10H2,1-2H3. The summed E-state index contributed by atoms with van der Waals surface area (Å²) < 4.78 is 5.54. The third kappa shape index (κ3) is 3.07. The highest BCUT2D eigenvalue weighted by Gasteiger charge is 2.24. The maximum absolute atomic E-state index is 5.54. The summed E-state index contributed by atoms with van der Waals surface area (Å²) in [5.74, 6) is 0. The van der Waals surface area contributed by atoms with Crippen molar-refractivity contribution in [1.29, 1.82) is 0 Å². The van der Waals surface area contributed by atoms with E-state index in [1.807, 2.05) is 6.20 Å². The van der Waals surface area contributed by atoms with Crippen LogP contribution in [0.2, 0.25) is 0 Å². The predicted molar refractivity (Wildman–Crippen MR) is 76.5 cm³/mol. The minimum Gasteiger partial charge on any atom is -0.377 e. The molecular formula is C15H23N3O. The van der Waals surface area contributed by atoms with Crippen molar-refractivity contribution >= 4 is 5.69 Å². The van der Waals surface area contributed by atoms with Gasteiger partial charge in [0.25, 0.3) is 0 Å². The second-order valence-electron chi connectivity index (χ2n) is 5.73. The van der Waals surface area contributed by atoms with Gasteiger partial charge in [0, 0.05) is 48.3 Å². The van der Waals surface area contributed by atoms with Crippen LogP contribution in [0, 0.1) is 6.92 Å². The molecule has 1 saturated heterocycles. The summed E-state index contributed by atoms with van der Waals surface area (Å²) in [7, 11) is 0. The predicted octanol–water partition coefficient (Wildman–Crippen LogP) is 1.87. The number of ether oxygens (including phenoxy) is 1. The number of aromatic nitrogens is 1. The molecule has 4 nitrogen and oxygen atoms in total. The number of nitrogens with zero attached hydrogens (tertiary/aromatic N) is 2. The molecule has 0 spiro atoms. The quantitative estimate of drug-likeness (QED) is 0.898. The van der Waals surface area contributed by atoms with Gasteiger partial charge in [-0.2, -0.15) is 0 Å². The number of pyridine rings is 1. The Bertz CT molecular complexity index is 445. The molecule has 2 fully saturated rings. The van der Waals surface area contributed by atoms with Crippen molar-refractivity contribution in [3.8, 4) is 0 Å². The van der Waals surface area contributed by atoms with Crippen molar-refractivity contribution in [3.05, 3.63) is 23.5 Å². The van der Waals surface area contributed by atoms with Crippen molar-refractivity contribution < 1.29 is 4.74 Å². The third-order valence-corrected chi connectivity index (χ3v) is 3.93. The molecule has 1 aliphatic heterocycles. The molecule has 0 radical (unpaired) electrons. The molecule has 1 unspecified atom stereocenters. The van der Waals surface area contributed by atoms with Gasteiger partial charge in [-0.3, -0.25) is 4.98 Å². The minimum absolute atomic E-state index is 0.440. The summed E-state index contributed by atoms with van der Waals surface area (Å²) in [5, 5.41) is 3.59. The Morgan fingerprint density at radius 1 is 1.47 bits per heavy atom. The van der Waals surface area contributed by atoms with Crippen LogP contribution >= 0.6 is 0 Å². The van der Waals surface area contributed by atoms with Crippen LogP contribution in [-0.4, -0.2) is 36.8 Å². The maximum Gasteiger partial charge on any atom is 0.0668 e. The van der Waals surface area contributed by atoms with Gasteiger partial charge >= 0.3 is 0 Å². The van der Waals surface area contributed by atoms with Gasteiger partial charge in [-0.15, -0.1) is 0 Å². The fourth-order valence-electron chi connectivity index (χ4n) is 2.60. The first-order valence-electron chi connectivity index (χ1n) is 7.27. The fraction of sp³-hybridized carbons (Fsp3) is 0.667. The van der Waals surface area contributed by atoms with Gasteiger partial charge in [0.15, 0.2) is 0 Å². The molecule has 1 aliphatic carbocycles. The van der Waals surface area contributed by atoms with Crippen LogP contribution in [0.4, 0.5) is 5.69 Å². The Balaban J connectivity index is 1.81. The lowest BCUT2D eigenvalue weighted by Gasteiger charge is -2.36. The molecule has 2 heterocycles. The van der Waals surface area contributed by atoms with Crippen molar-refractivity contribution in [3.63, 3.8) is 0 Å².